The van der Waals surface area contributed by atoms with Gasteiger partial charge in [0, 0.05) is 23.1 Å². The molecule has 3 aromatic rings. The van der Waals surface area contributed by atoms with Crippen LogP contribution < -0.4 is 5.32 Å². The molecule has 1 N–H and O–H groups in total. The topological polar surface area (TPSA) is 51.2 Å². The number of nitrogens with one attached hydrogen (secondary N) is 1. The van der Waals surface area contributed by atoms with Crippen molar-refractivity contribution in [3.05, 3.63) is 93.2 Å². The average molecular weight is 484 g/mol. The lowest BCUT2D eigenvalue weighted by atomic mass is 9.98. The molecule has 1 aromatic heterocycles. The number of pyridine rings is 1. The van der Waals surface area contributed by atoms with Crippen molar-refractivity contribution in [2.24, 2.45) is 0 Å². The zero-order chi connectivity index (χ0) is 20.9. The van der Waals surface area contributed by atoms with Gasteiger partial charge >= 0.3 is 6.09 Å². The van der Waals surface area contributed by atoms with E-state index in [9.17, 15) is 4.79 Å². The summed E-state index contributed by atoms with van der Waals surface area (Å²) in [5.41, 5.74) is 5.78. The third kappa shape index (κ3) is 4.58. The Balaban J connectivity index is 1.28. The Bertz CT molecular complexity index is 1050. The van der Waals surface area contributed by atoms with E-state index in [4.69, 9.17) is 16.3 Å². The molecule has 0 atom stereocenters. The summed E-state index contributed by atoms with van der Waals surface area (Å²) in [5, 5.41) is 3.24. The Morgan fingerprint density at radius 2 is 1.80 bits per heavy atom. The van der Waals surface area contributed by atoms with E-state index in [1.165, 1.54) is 22.3 Å². The van der Waals surface area contributed by atoms with Gasteiger partial charge in [-0.25, -0.2) is 9.78 Å². The fraction of sp³-hybridized carbons (Fsp3) is 0.167. The molecule has 6 heteroatoms. The van der Waals surface area contributed by atoms with Crippen LogP contribution in [0.4, 0.5) is 4.79 Å². The first-order valence-electron chi connectivity index (χ1n) is 9.70. The van der Waals surface area contributed by atoms with Gasteiger partial charge in [-0.2, -0.15) is 0 Å². The summed E-state index contributed by atoms with van der Waals surface area (Å²) in [4.78, 5) is 16.2. The highest BCUT2D eigenvalue weighted by Gasteiger charge is 2.28. The lowest BCUT2D eigenvalue weighted by Gasteiger charge is -2.14. The molecule has 0 unspecified atom stereocenters. The van der Waals surface area contributed by atoms with Crippen molar-refractivity contribution in [2.75, 3.05) is 13.2 Å². The van der Waals surface area contributed by atoms with Gasteiger partial charge in [0.1, 0.15) is 11.8 Å². The number of hydrogen-bond acceptors (Lipinski definition) is 3. The number of benzene rings is 2. The molecule has 1 aliphatic rings. The molecule has 4 rings (SSSR count). The van der Waals surface area contributed by atoms with Gasteiger partial charge in [-0.1, -0.05) is 72.3 Å². The van der Waals surface area contributed by atoms with E-state index in [1.54, 1.807) is 12.3 Å². The van der Waals surface area contributed by atoms with E-state index >= 15 is 0 Å². The number of amides is 1. The van der Waals surface area contributed by atoms with Gasteiger partial charge in [-0.3, -0.25) is 0 Å². The average Bonchev–Trinajstić information content (AvgIpc) is 3.08. The number of hydrogen-bond donors (Lipinski definition) is 1. The minimum atomic E-state index is -0.404. The Hall–Kier alpha value is -2.63. The maximum atomic E-state index is 12.2. The molecule has 0 aliphatic heterocycles. The molecule has 0 saturated carbocycles. The Morgan fingerprint density at radius 1 is 1.13 bits per heavy atom. The van der Waals surface area contributed by atoms with Crippen LogP contribution in [-0.4, -0.2) is 24.2 Å². The second-order valence-corrected chi connectivity index (χ2v) is 8.21. The molecule has 1 heterocycles. The number of fused-ring (bicyclic) bond motifs is 3. The Labute approximate surface area is 189 Å². The first kappa shape index (κ1) is 20.6. The maximum Gasteiger partial charge on any atom is 0.407 e. The predicted molar refractivity (Wildman–Crippen MR) is 124 cm³/mol. The van der Waals surface area contributed by atoms with Crippen molar-refractivity contribution in [1.29, 1.82) is 0 Å². The summed E-state index contributed by atoms with van der Waals surface area (Å²) in [6.45, 7) is 0.807. The van der Waals surface area contributed by atoms with Gasteiger partial charge in [0.15, 0.2) is 0 Å². The molecule has 2 aromatic carbocycles. The van der Waals surface area contributed by atoms with Gasteiger partial charge in [0.25, 0.3) is 0 Å². The molecular weight excluding hydrogens is 464 g/mol. The second kappa shape index (κ2) is 9.45. The van der Waals surface area contributed by atoms with Crippen molar-refractivity contribution in [2.45, 2.75) is 12.3 Å². The standard InChI is InChI=1S/C24H20BrClN2O2/c25-22-14-28-23(26)13-16(22)7-5-6-12-27-24(29)30-15-21-19-10-3-1-8-17(19)18-9-2-4-11-20(18)21/h1-5,7-11,13-14,21H,6,12,15H2,(H,27,29). The Kier molecular flexibility index (Phi) is 6.50. The highest BCUT2D eigenvalue weighted by molar-refractivity contribution is 9.10. The van der Waals surface area contributed by atoms with Crippen molar-refractivity contribution in [1.82, 2.24) is 10.3 Å². The lowest BCUT2D eigenvalue weighted by molar-refractivity contribution is 0.143. The molecule has 0 bridgehead atoms. The number of nitrogens with zero attached hydrogens (tertiary/aromatic N) is 1. The minimum Gasteiger partial charge on any atom is -0.449 e. The van der Waals surface area contributed by atoms with Crippen molar-refractivity contribution in [3.63, 3.8) is 0 Å². The summed E-state index contributed by atoms with van der Waals surface area (Å²) >= 11 is 9.35. The highest BCUT2D eigenvalue weighted by Crippen LogP contribution is 2.44. The van der Waals surface area contributed by atoms with E-state index in [2.05, 4.69) is 50.5 Å². The van der Waals surface area contributed by atoms with Gasteiger partial charge in [-0.15, -0.1) is 0 Å². The smallest absolute Gasteiger partial charge is 0.407 e. The molecular formula is C24H20BrClN2O2. The predicted octanol–water partition coefficient (Wildman–Crippen LogP) is 6.44. The van der Waals surface area contributed by atoms with Crippen LogP contribution in [0, 0.1) is 0 Å². The van der Waals surface area contributed by atoms with Crippen LogP contribution in [0.1, 0.15) is 29.0 Å². The zero-order valence-corrected chi connectivity index (χ0v) is 18.5. The van der Waals surface area contributed by atoms with Crippen molar-refractivity contribution >= 4 is 39.7 Å². The highest BCUT2D eigenvalue weighted by atomic mass is 79.9. The quantitative estimate of drug-likeness (QED) is 0.324. The zero-order valence-electron chi connectivity index (χ0n) is 16.1. The fourth-order valence-corrected chi connectivity index (χ4v) is 4.19. The first-order valence-corrected chi connectivity index (χ1v) is 10.9. The monoisotopic (exact) mass is 482 g/mol. The third-order valence-electron chi connectivity index (χ3n) is 5.07. The summed E-state index contributed by atoms with van der Waals surface area (Å²) in [6, 6.07) is 18.4. The minimum absolute atomic E-state index is 0.0665. The SMILES string of the molecule is O=C(NCCC=Cc1cc(Cl)ncc1Br)OCC1c2ccccc2-c2ccccc21. The maximum absolute atomic E-state index is 12.2. The summed E-state index contributed by atoms with van der Waals surface area (Å²) in [5.74, 6) is 0.0665. The molecule has 0 fully saturated rings. The second-order valence-electron chi connectivity index (χ2n) is 6.97. The van der Waals surface area contributed by atoms with Crippen LogP contribution in [0.15, 0.2) is 71.3 Å². The fourth-order valence-electron chi connectivity index (χ4n) is 3.67. The number of ether oxygens (including phenoxy) is 1. The van der Waals surface area contributed by atoms with Crippen LogP contribution in [-0.2, 0) is 4.74 Å². The van der Waals surface area contributed by atoms with E-state index in [1.807, 2.05) is 36.4 Å². The van der Waals surface area contributed by atoms with Crippen LogP contribution >= 0.6 is 27.5 Å². The normalized spacial score (nSPS) is 12.6. The van der Waals surface area contributed by atoms with Crippen molar-refractivity contribution < 1.29 is 9.53 Å². The Morgan fingerprint density at radius 3 is 2.50 bits per heavy atom. The van der Waals surface area contributed by atoms with E-state index < -0.39 is 6.09 Å². The number of carbonyl (C=O) groups excluding carboxylic acids is 1. The summed E-state index contributed by atoms with van der Waals surface area (Å²) in [7, 11) is 0. The molecule has 0 spiro atoms. The van der Waals surface area contributed by atoms with Gasteiger partial charge in [0.2, 0.25) is 0 Å². The molecule has 1 amide bonds. The molecule has 152 valence electrons. The van der Waals surface area contributed by atoms with E-state index in [-0.39, 0.29) is 5.92 Å². The largest absolute Gasteiger partial charge is 0.449 e. The molecule has 1 aliphatic carbocycles. The summed E-state index contributed by atoms with van der Waals surface area (Å²) in [6.07, 6.45) is 5.85. The van der Waals surface area contributed by atoms with Crippen LogP contribution in [0.25, 0.3) is 17.2 Å². The molecule has 0 saturated heterocycles. The third-order valence-corrected chi connectivity index (χ3v) is 5.94. The first-order chi connectivity index (χ1) is 14.6. The van der Waals surface area contributed by atoms with Crippen LogP contribution in [0.3, 0.4) is 0 Å². The van der Waals surface area contributed by atoms with E-state index in [0.29, 0.717) is 24.7 Å². The molecule has 30 heavy (non-hydrogen) atoms. The molecule has 4 nitrogen and oxygen atoms in total. The number of carbonyl (C=O) groups is 1. The number of rotatable bonds is 6. The van der Waals surface area contributed by atoms with Gasteiger partial charge in [0.05, 0.1) is 0 Å². The summed E-state index contributed by atoms with van der Waals surface area (Å²) < 4.78 is 6.40. The number of aromatic nitrogens is 1. The van der Waals surface area contributed by atoms with Crippen LogP contribution in [0.2, 0.25) is 5.15 Å². The lowest BCUT2D eigenvalue weighted by Crippen LogP contribution is -2.26. The number of alkyl carbamates (subject to hydrolysis) is 1. The van der Waals surface area contributed by atoms with Crippen molar-refractivity contribution in [3.8, 4) is 11.1 Å². The van der Waals surface area contributed by atoms with E-state index in [0.717, 1.165) is 10.0 Å². The molecule has 0 radical (unpaired) electrons. The van der Waals surface area contributed by atoms with Gasteiger partial charge in [-0.05, 0) is 56.2 Å². The van der Waals surface area contributed by atoms with Gasteiger partial charge < -0.3 is 10.1 Å². The number of halogens is 2. The van der Waals surface area contributed by atoms with Crippen LogP contribution in [0.5, 0.6) is 0 Å².